The second kappa shape index (κ2) is 6.63. The summed E-state index contributed by atoms with van der Waals surface area (Å²) in [7, 11) is 2.06. The third-order valence-corrected chi connectivity index (χ3v) is 4.87. The maximum absolute atomic E-state index is 6.07. The van der Waals surface area contributed by atoms with Crippen molar-refractivity contribution in [3.05, 3.63) is 12.7 Å². The van der Waals surface area contributed by atoms with E-state index in [1.807, 2.05) is 6.08 Å². The van der Waals surface area contributed by atoms with Gasteiger partial charge in [0.15, 0.2) is 10.9 Å². The van der Waals surface area contributed by atoms with Gasteiger partial charge in [0.2, 0.25) is 0 Å². The van der Waals surface area contributed by atoms with Gasteiger partial charge in [-0.15, -0.1) is 6.58 Å². The normalized spacial score (nSPS) is 24.5. The molecule has 120 valence electrons. The van der Waals surface area contributed by atoms with E-state index in [9.17, 15) is 0 Å². The molecule has 2 aliphatic rings. The fourth-order valence-corrected chi connectivity index (χ4v) is 3.14. The number of hydrogen-bond acceptors (Lipinski definition) is 3. The summed E-state index contributed by atoms with van der Waals surface area (Å²) in [5.74, 6) is -0.344. The lowest BCUT2D eigenvalue weighted by Gasteiger charge is -2.48. The van der Waals surface area contributed by atoms with Crippen LogP contribution in [0.5, 0.6) is 0 Å². The maximum atomic E-state index is 6.07. The van der Waals surface area contributed by atoms with Gasteiger partial charge in [0.05, 0.1) is 13.2 Å². The predicted molar refractivity (Wildman–Crippen MR) is 89.2 cm³/mol. The van der Waals surface area contributed by atoms with E-state index in [2.05, 4.69) is 37.7 Å². The van der Waals surface area contributed by atoms with Crippen LogP contribution in [0.1, 0.15) is 39.5 Å². The maximum Gasteiger partial charge on any atom is 0.169 e. The molecule has 0 aromatic carbocycles. The lowest BCUT2D eigenvalue weighted by Crippen LogP contribution is -2.53. The van der Waals surface area contributed by atoms with Crippen LogP contribution in [0.4, 0.5) is 0 Å². The smallest absolute Gasteiger partial charge is 0.169 e. The second-order valence-corrected chi connectivity index (χ2v) is 7.36. The first kappa shape index (κ1) is 16.7. The summed E-state index contributed by atoms with van der Waals surface area (Å²) in [5.41, 5.74) is 0.134. The molecule has 0 aromatic heterocycles. The molecule has 2 fully saturated rings. The molecule has 1 aliphatic carbocycles. The zero-order chi connectivity index (χ0) is 15.5. The third-order valence-electron chi connectivity index (χ3n) is 4.43. The SMILES string of the molecule is C=CCNC(=S)N(C)C1CCC2(CC1)OCC(C)(C)CO2. The van der Waals surface area contributed by atoms with Crippen molar-refractivity contribution in [3.8, 4) is 0 Å². The van der Waals surface area contributed by atoms with Gasteiger partial charge in [-0.05, 0) is 25.1 Å². The second-order valence-electron chi connectivity index (χ2n) is 6.97. The molecule has 0 amide bonds. The van der Waals surface area contributed by atoms with Crippen LogP contribution in [0.2, 0.25) is 0 Å². The van der Waals surface area contributed by atoms with Gasteiger partial charge in [0, 0.05) is 37.9 Å². The molecule has 1 aliphatic heterocycles. The molecule has 0 radical (unpaired) electrons. The first-order chi connectivity index (χ1) is 9.87. The highest BCUT2D eigenvalue weighted by Gasteiger charge is 2.43. The van der Waals surface area contributed by atoms with Gasteiger partial charge in [-0.3, -0.25) is 0 Å². The van der Waals surface area contributed by atoms with Crippen LogP contribution >= 0.6 is 12.2 Å². The number of rotatable bonds is 3. The molecule has 5 heteroatoms. The van der Waals surface area contributed by atoms with Gasteiger partial charge in [-0.25, -0.2) is 0 Å². The van der Waals surface area contributed by atoms with Crippen molar-refractivity contribution in [2.24, 2.45) is 5.41 Å². The molecule has 1 saturated heterocycles. The van der Waals surface area contributed by atoms with E-state index in [0.29, 0.717) is 12.6 Å². The molecular formula is C16H28N2O2S. The molecule has 4 nitrogen and oxygen atoms in total. The monoisotopic (exact) mass is 312 g/mol. The highest BCUT2D eigenvalue weighted by molar-refractivity contribution is 7.80. The predicted octanol–water partition coefficient (Wildman–Crippen LogP) is 2.69. The van der Waals surface area contributed by atoms with Gasteiger partial charge < -0.3 is 19.7 Å². The van der Waals surface area contributed by atoms with Crippen LogP contribution in [0.25, 0.3) is 0 Å². The molecule has 0 bridgehead atoms. The topological polar surface area (TPSA) is 33.7 Å². The molecule has 1 heterocycles. The summed E-state index contributed by atoms with van der Waals surface area (Å²) in [5, 5.41) is 3.98. The number of thiocarbonyl (C=S) groups is 1. The first-order valence-electron chi connectivity index (χ1n) is 7.77. The zero-order valence-corrected chi connectivity index (χ0v) is 14.3. The Hall–Kier alpha value is -0.650. The lowest BCUT2D eigenvalue weighted by molar-refractivity contribution is -0.311. The highest BCUT2D eigenvalue weighted by atomic mass is 32.1. The quantitative estimate of drug-likeness (QED) is 0.640. The molecule has 2 rings (SSSR count). The standard InChI is InChI=1S/C16H28N2O2S/c1-5-10-17-14(21)18(4)13-6-8-16(9-7-13)19-11-15(2,3)12-20-16/h5,13H,1,6-12H2,2-4H3,(H,17,21). The molecule has 0 atom stereocenters. The Morgan fingerprint density at radius 1 is 1.33 bits per heavy atom. The Morgan fingerprint density at radius 2 is 1.90 bits per heavy atom. The number of ether oxygens (including phenoxy) is 2. The largest absolute Gasteiger partial charge is 0.359 e. The molecule has 1 spiro atoms. The first-order valence-corrected chi connectivity index (χ1v) is 8.18. The van der Waals surface area contributed by atoms with Crippen molar-refractivity contribution in [1.82, 2.24) is 10.2 Å². The number of hydrogen-bond donors (Lipinski definition) is 1. The van der Waals surface area contributed by atoms with Crippen LogP contribution < -0.4 is 5.32 Å². The third kappa shape index (κ3) is 4.18. The Labute approximate surface area is 133 Å². The van der Waals surface area contributed by atoms with Crippen molar-refractivity contribution in [2.45, 2.75) is 51.4 Å². The van der Waals surface area contributed by atoms with Crippen LogP contribution in [-0.2, 0) is 9.47 Å². The fourth-order valence-electron chi connectivity index (χ4n) is 2.91. The summed E-state index contributed by atoms with van der Waals surface area (Å²) in [6.07, 6.45) is 5.81. The van der Waals surface area contributed by atoms with Crippen LogP contribution in [0.15, 0.2) is 12.7 Å². The fraction of sp³-hybridized carbons (Fsp3) is 0.812. The van der Waals surface area contributed by atoms with E-state index in [1.165, 1.54) is 0 Å². The Balaban J connectivity index is 1.83. The van der Waals surface area contributed by atoms with Gasteiger partial charge in [-0.1, -0.05) is 19.9 Å². The van der Waals surface area contributed by atoms with E-state index >= 15 is 0 Å². The van der Waals surface area contributed by atoms with E-state index in [-0.39, 0.29) is 11.2 Å². The summed E-state index contributed by atoms with van der Waals surface area (Å²) < 4.78 is 12.1. The van der Waals surface area contributed by atoms with Crippen LogP contribution in [-0.4, -0.2) is 48.6 Å². The minimum absolute atomic E-state index is 0.134. The van der Waals surface area contributed by atoms with Crippen molar-refractivity contribution in [3.63, 3.8) is 0 Å². The van der Waals surface area contributed by atoms with Gasteiger partial charge >= 0.3 is 0 Å². The summed E-state index contributed by atoms with van der Waals surface area (Å²) in [6.45, 7) is 10.3. The Bertz CT molecular complexity index is 378. The van der Waals surface area contributed by atoms with Gasteiger partial charge in [0.1, 0.15) is 0 Å². The molecule has 0 unspecified atom stereocenters. The summed E-state index contributed by atoms with van der Waals surface area (Å²) >= 11 is 5.41. The summed E-state index contributed by atoms with van der Waals surface area (Å²) in [4.78, 5) is 2.17. The molecule has 1 saturated carbocycles. The average molecular weight is 312 g/mol. The lowest BCUT2D eigenvalue weighted by atomic mass is 9.86. The average Bonchev–Trinajstić information content (AvgIpc) is 2.48. The van der Waals surface area contributed by atoms with Crippen molar-refractivity contribution in [1.29, 1.82) is 0 Å². The van der Waals surface area contributed by atoms with Crippen molar-refractivity contribution in [2.75, 3.05) is 26.8 Å². The van der Waals surface area contributed by atoms with E-state index in [4.69, 9.17) is 21.7 Å². The number of nitrogens with one attached hydrogen (secondary N) is 1. The van der Waals surface area contributed by atoms with E-state index in [1.54, 1.807) is 0 Å². The molecule has 0 aromatic rings. The van der Waals surface area contributed by atoms with Crippen molar-refractivity contribution >= 4 is 17.3 Å². The minimum Gasteiger partial charge on any atom is -0.359 e. The van der Waals surface area contributed by atoms with Gasteiger partial charge in [-0.2, -0.15) is 0 Å². The Kier molecular flexibility index (Phi) is 5.28. The minimum atomic E-state index is -0.344. The molecule has 21 heavy (non-hydrogen) atoms. The number of nitrogens with zero attached hydrogens (tertiary/aromatic N) is 1. The van der Waals surface area contributed by atoms with Gasteiger partial charge in [0.25, 0.3) is 0 Å². The van der Waals surface area contributed by atoms with Crippen LogP contribution in [0, 0.1) is 5.41 Å². The molecule has 1 N–H and O–H groups in total. The summed E-state index contributed by atoms with van der Waals surface area (Å²) in [6, 6.07) is 0.461. The van der Waals surface area contributed by atoms with Crippen LogP contribution in [0.3, 0.4) is 0 Å². The zero-order valence-electron chi connectivity index (χ0n) is 13.5. The van der Waals surface area contributed by atoms with Crippen molar-refractivity contribution < 1.29 is 9.47 Å². The molecular weight excluding hydrogens is 284 g/mol. The highest BCUT2D eigenvalue weighted by Crippen LogP contribution is 2.40. The van der Waals surface area contributed by atoms with E-state index < -0.39 is 0 Å². The van der Waals surface area contributed by atoms with E-state index in [0.717, 1.165) is 44.0 Å². The Morgan fingerprint density at radius 3 is 2.43 bits per heavy atom.